The molecular weight excluding hydrogens is 304 g/mol. The summed E-state index contributed by atoms with van der Waals surface area (Å²) < 4.78 is 29.1. The molecule has 0 aromatic heterocycles. The summed E-state index contributed by atoms with van der Waals surface area (Å²) in [6.07, 6.45) is 1.44. The van der Waals surface area contributed by atoms with Gasteiger partial charge in [0.2, 0.25) is 5.91 Å². The van der Waals surface area contributed by atoms with Gasteiger partial charge in [-0.05, 0) is 42.0 Å². The van der Waals surface area contributed by atoms with E-state index in [9.17, 15) is 13.2 Å². The van der Waals surface area contributed by atoms with Gasteiger partial charge < -0.3 is 4.18 Å². The van der Waals surface area contributed by atoms with E-state index in [0.29, 0.717) is 5.56 Å². The van der Waals surface area contributed by atoms with Gasteiger partial charge in [-0.1, -0.05) is 18.2 Å². The number of carbonyl (C=O) groups is 1. The Balaban J connectivity index is 2.08. The van der Waals surface area contributed by atoms with Gasteiger partial charge >= 0.3 is 10.1 Å². The molecule has 2 aromatic rings. The standard InChI is InChI=1S/C15H14N2O4S/c1-12(18)17-16-11-13-7-9-14(10-8-13)21-22(19,20)15-5-3-2-4-6-15/h2-11H,1H3,(H,17,18). The number of amides is 1. The van der Waals surface area contributed by atoms with Crippen LogP contribution in [0.1, 0.15) is 12.5 Å². The van der Waals surface area contributed by atoms with Crippen molar-refractivity contribution in [3.8, 4) is 5.75 Å². The number of hydrogen-bond acceptors (Lipinski definition) is 5. The lowest BCUT2D eigenvalue weighted by atomic mass is 10.2. The minimum atomic E-state index is -3.85. The molecular formula is C15H14N2O4S. The number of carbonyl (C=O) groups excluding carboxylic acids is 1. The minimum Gasteiger partial charge on any atom is -0.379 e. The molecule has 114 valence electrons. The summed E-state index contributed by atoms with van der Waals surface area (Å²) in [5, 5.41) is 3.71. The first kappa shape index (κ1) is 15.7. The maximum absolute atomic E-state index is 12.0. The molecule has 2 rings (SSSR count). The Bertz CT molecular complexity index is 769. The van der Waals surface area contributed by atoms with Crippen molar-refractivity contribution in [2.75, 3.05) is 0 Å². The van der Waals surface area contributed by atoms with Gasteiger partial charge in [-0.3, -0.25) is 4.79 Å². The van der Waals surface area contributed by atoms with Crippen molar-refractivity contribution >= 4 is 22.2 Å². The van der Waals surface area contributed by atoms with Crippen LogP contribution in [0, 0.1) is 0 Å². The molecule has 0 unspecified atom stereocenters. The Kier molecular flexibility index (Phi) is 4.90. The molecule has 22 heavy (non-hydrogen) atoms. The third-order valence-corrected chi connectivity index (χ3v) is 3.81. The average molecular weight is 318 g/mol. The van der Waals surface area contributed by atoms with Crippen LogP contribution >= 0.6 is 0 Å². The molecule has 0 fully saturated rings. The van der Waals surface area contributed by atoms with E-state index >= 15 is 0 Å². The zero-order valence-electron chi connectivity index (χ0n) is 11.8. The van der Waals surface area contributed by atoms with E-state index in [2.05, 4.69) is 10.5 Å². The fourth-order valence-electron chi connectivity index (χ4n) is 1.57. The molecule has 1 amide bonds. The summed E-state index contributed by atoms with van der Waals surface area (Å²) in [7, 11) is -3.85. The largest absolute Gasteiger partial charge is 0.379 e. The Hall–Kier alpha value is -2.67. The van der Waals surface area contributed by atoms with E-state index in [0.717, 1.165) is 0 Å². The van der Waals surface area contributed by atoms with Crippen molar-refractivity contribution in [3.05, 3.63) is 60.2 Å². The van der Waals surface area contributed by atoms with Gasteiger partial charge in [0.05, 0.1) is 6.21 Å². The van der Waals surface area contributed by atoms with Crippen LogP contribution < -0.4 is 9.61 Å². The van der Waals surface area contributed by atoms with Crippen LogP contribution in [-0.2, 0) is 14.9 Å². The van der Waals surface area contributed by atoms with E-state index < -0.39 is 10.1 Å². The first-order valence-electron chi connectivity index (χ1n) is 6.36. The molecule has 0 aliphatic rings. The number of benzene rings is 2. The molecule has 0 radical (unpaired) electrons. The van der Waals surface area contributed by atoms with Gasteiger partial charge in [-0.2, -0.15) is 13.5 Å². The molecule has 6 nitrogen and oxygen atoms in total. The lowest BCUT2D eigenvalue weighted by Gasteiger charge is -2.06. The fourth-order valence-corrected chi connectivity index (χ4v) is 2.52. The summed E-state index contributed by atoms with van der Waals surface area (Å²) in [5.41, 5.74) is 2.96. The third-order valence-electron chi connectivity index (χ3n) is 2.55. The molecule has 0 saturated carbocycles. The molecule has 0 heterocycles. The average Bonchev–Trinajstić information content (AvgIpc) is 2.49. The van der Waals surface area contributed by atoms with E-state index in [-0.39, 0.29) is 16.6 Å². The number of rotatable bonds is 5. The van der Waals surface area contributed by atoms with Crippen molar-refractivity contribution in [1.29, 1.82) is 0 Å². The topological polar surface area (TPSA) is 84.8 Å². The molecule has 1 N–H and O–H groups in total. The van der Waals surface area contributed by atoms with E-state index in [1.165, 1.54) is 37.4 Å². The van der Waals surface area contributed by atoms with E-state index in [1.807, 2.05) is 0 Å². The van der Waals surface area contributed by atoms with Gasteiger partial charge in [0.15, 0.2) is 0 Å². The van der Waals surface area contributed by atoms with Crippen LogP contribution in [0.25, 0.3) is 0 Å². The van der Waals surface area contributed by atoms with E-state index in [1.54, 1.807) is 30.3 Å². The fraction of sp³-hybridized carbons (Fsp3) is 0.0667. The van der Waals surface area contributed by atoms with Crippen LogP contribution in [0.2, 0.25) is 0 Å². The SMILES string of the molecule is CC(=O)NN=Cc1ccc(OS(=O)(=O)c2ccccc2)cc1. The first-order valence-corrected chi connectivity index (χ1v) is 7.77. The normalized spacial score (nSPS) is 11.3. The quantitative estimate of drug-likeness (QED) is 0.518. The summed E-state index contributed by atoms with van der Waals surface area (Å²) in [5.74, 6) is -0.0781. The third kappa shape index (κ3) is 4.42. The first-order chi connectivity index (χ1) is 10.5. The maximum Gasteiger partial charge on any atom is 0.339 e. The molecule has 0 saturated heterocycles. The molecule has 0 atom stereocenters. The summed E-state index contributed by atoms with van der Waals surface area (Å²) >= 11 is 0. The van der Waals surface area contributed by atoms with Crippen LogP contribution in [0.15, 0.2) is 64.6 Å². The Labute approximate surface area is 128 Å². The van der Waals surface area contributed by atoms with Crippen LogP contribution in [-0.4, -0.2) is 20.5 Å². The Morgan fingerprint density at radius 2 is 1.73 bits per heavy atom. The number of hydrogen-bond donors (Lipinski definition) is 1. The molecule has 7 heteroatoms. The number of nitrogens with zero attached hydrogens (tertiary/aromatic N) is 1. The lowest BCUT2D eigenvalue weighted by Crippen LogP contribution is -2.12. The minimum absolute atomic E-state index is 0.0892. The predicted molar refractivity (Wildman–Crippen MR) is 82.1 cm³/mol. The van der Waals surface area contributed by atoms with Gasteiger partial charge in [-0.15, -0.1) is 0 Å². The molecule has 0 bridgehead atoms. The van der Waals surface area contributed by atoms with E-state index in [4.69, 9.17) is 4.18 Å². The van der Waals surface area contributed by atoms with Crippen molar-refractivity contribution in [2.45, 2.75) is 11.8 Å². The smallest absolute Gasteiger partial charge is 0.339 e. The highest BCUT2D eigenvalue weighted by Crippen LogP contribution is 2.18. The van der Waals surface area contributed by atoms with Crippen LogP contribution in [0.3, 0.4) is 0 Å². The number of hydrazone groups is 1. The van der Waals surface area contributed by atoms with Crippen molar-refractivity contribution < 1.29 is 17.4 Å². The summed E-state index contributed by atoms with van der Waals surface area (Å²) in [6, 6.07) is 14.2. The number of nitrogens with one attached hydrogen (secondary N) is 1. The zero-order chi connectivity index (χ0) is 16.0. The second-order valence-corrected chi connectivity index (χ2v) is 5.89. The summed E-state index contributed by atoms with van der Waals surface area (Å²) in [6.45, 7) is 1.35. The van der Waals surface area contributed by atoms with Gasteiger partial charge in [-0.25, -0.2) is 5.43 Å². The molecule has 0 spiro atoms. The Morgan fingerprint density at radius 3 is 2.32 bits per heavy atom. The lowest BCUT2D eigenvalue weighted by molar-refractivity contribution is -0.118. The van der Waals surface area contributed by atoms with Crippen molar-refractivity contribution in [2.24, 2.45) is 5.10 Å². The monoisotopic (exact) mass is 318 g/mol. The second kappa shape index (κ2) is 6.86. The predicted octanol–water partition coefficient (Wildman–Crippen LogP) is 1.92. The van der Waals surface area contributed by atoms with Gasteiger partial charge in [0.25, 0.3) is 0 Å². The highest BCUT2D eigenvalue weighted by molar-refractivity contribution is 7.87. The molecule has 0 aliphatic heterocycles. The molecule has 0 aliphatic carbocycles. The zero-order valence-corrected chi connectivity index (χ0v) is 12.6. The maximum atomic E-state index is 12.0. The highest BCUT2D eigenvalue weighted by atomic mass is 32.2. The van der Waals surface area contributed by atoms with Crippen LogP contribution in [0.4, 0.5) is 0 Å². The Morgan fingerprint density at radius 1 is 1.09 bits per heavy atom. The summed E-state index contributed by atoms with van der Waals surface area (Å²) in [4.78, 5) is 10.8. The second-order valence-electron chi connectivity index (χ2n) is 4.35. The molecule has 2 aromatic carbocycles. The van der Waals surface area contributed by atoms with Crippen molar-refractivity contribution in [1.82, 2.24) is 5.43 Å². The van der Waals surface area contributed by atoms with Crippen molar-refractivity contribution in [3.63, 3.8) is 0 Å². The van der Waals surface area contributed by atoms with Gasteiger partial charge in [0, 0.05) is 6.92 Å². The highest BCUT2D eigenvalue weighted by Gasteiger charge is 2.15. The van der Waals surface area contributed by atoms with Crippen LogP contribution in [0.5, 0.6) is 5.75 Å². The van der Waals surface area contributed by atoms with Gasteiger partial charge in [0.1, 0.15) is 10.6 Å².